The molecule has 2 rings (SSSR count). The minimum atomic E-state index is -0.631. The molecule has 0 aromatic heterocycles. The van der Waals surface area contributed by atoms with Crippen molar-refractivity contribution in [1.82, 2.24) is 0 Å². The van der Waals surface area contributed by atoms with Crippen LogP contribution in [0.15, 0.2) is 48.5 Å². The molecule has 2 aromatic carbocycles. The van der Waals surface area contributed by atoms with Crippen molar-refractivity contribution in [2.45, 2.75) is 0 Å². The van der Waals surface area contributed by atoms with E-state index >= 15 is 0 Å². The van der Waals surface area contributed by atoms with E-state index < -0.39 is 11.6 Å². The SMILES string of the molecule is N#C/C(=C(\C#N)c1ccccc1F)c1ccccc1F. The van der Waals surface area contributed by atoms with Crippen LogP contribution in [0.4, 0.5) is 8.78 Å². The van der Waals surface area contributed by atoms with E-state index in [-0.39, 0.29) is 22.3 Å². The average molecular weight is 266 g/mol. The van der Waals surface area contributed by atoms with Crippen LogP contribution >= 0.6 is 0 Å². The van der Waals surface area contributed by atoms with Gasteiger partial charge in [0.2, 0.25) is 0 Å². The zero-order valence-corrected chi connectivity index (χ0v) is 10.3. The fourth-order valence-electron chi connectivity index (χ4n) is 1.83. The number of allylic oxidation sites excluding steroid dienone is 2. The molecule has 4 heteroatoms. The van der Waals surface area contributed by atoms with E-state index in [0.717, 1.165) is 0 Å². The Morgan fingerprint density at radius 1 is 0.700 bits per heavy atom. The number of rotatable bonds is 2. The highest BCUT2D eigenvalue weighted by molar-refractivity contribution is 6.02. The summed E-state index contributed by atoms with van der Waals surface area (Å²) < 4.78 is 27.5. The molecule has 2 aromatic rings. The van der Waals surface area contributed by atoms with E-state index in [2.05, 4.69) is 0 Å². The Kier molecular flexibility index (Phi) is 3.88. The molecular weight excluding hydrogens is 258 g/mol. The third kappa shape index (κ3) is 2.41. The van der Waals surface area contributed by atoms with Crippen LogP contribution in [0.3, 0.4) is 0 Å². The van der Waals surface area contributed by atoms with Crippen LogP contribution in [0.25, 0.3) is 11.1 Å². The molecule has 2 nitrogen and oxygen atoms in total. The number of nitrogens with zero attached hydrogens (tertiary/aromatic N) is 2. The smallest absolute Gasteiger partial charge is 0.131 e. The summed E-state index contributed by atoms with van der Waals surface area (Å²) in [7, 11) is 0. The Morgan fingerprint density at radius 3 is 1.35 bits per heavy atom. The summed E-state index contributed by atoms with van der Waals surface area (Å²) in [5, 5.41) is 18.4. The van der Waals surface area contributed by atoms with Crippen LogP contribution in [-0.2, 0) is 0 Å². The summed E-state index contributed by atoms with van der Waals surface area (Å²) in [5.41, 5.74) is -0.406. The van der Waals surface area contributed by atoms with Gasteiger partial charge in [0, 0.05) is 11.1 Å². The van der Waals surface area contributed by atoms with Gasteiger partial charge in [-0.15, -0.1) is 0 Å². The molecule has 0 saturated heterocycles. The fourth-order valence-corrected chi connectivity index (χ4v) is 1.83. The first-order valence-corrected chi connectivity index (χ1v) is 5.73. The third-order valence-corrected chi connectivity index (χ3v) is 2.76. The van der Waals surface area contributed by atoms with Crippen molar-refractivity contribution >= 4 is 11.1 Å². The van der Waals surface area contributed by atoms with Crippen LogP contribution in [0.2, 0.25) is 0 Å². The first-order valence-electron chi connectivity index (χ1n) is 5.73. The van der Waals surface area contributed by atoms with Gasteiger partial charge in [0.05, 0.1) is 11.1 Å². The highest BCUT2D eigenvalue weighted by atomic mass is 19.1. The summed E-state index contributed by atoms with van der Waals surface area (Å²) in [6, 6.07) is 14.7. The first-order chi connectivity index (χ1) is 9.69. The van der Waals surface area contributed by atoms with Gasteiger partial charge in [-0.05, 0) is 12.1 Å². The largest absolute Gasteiger partial charge is 0.206 e. The van der Waals surface area contributed by atoms with Gasteiger partial charge < -0.3 is 0 Å². The Bertz CT molecular complexity index is 699. The quantitative estimate of drug-likeness (QED) is 0.611. The average Bonchev–Trinajstić information content (AvgIpc) is 2.47. The second kappa shape index (κ2) is 5.77. The maximum absolute atomic E-state index is 13.8. The van der Waals surface area contributed by atoms with Gasteiger partial charge in [-0.2, -0.15) is 10.5 Å². The normalized spacial score (nSPS) is 11.2. The van der Waals surface area contributed by atoms with E-state index in [1.807, 2.05) is 0 Å². The highest BCUT2D eigenvalue weighted by Crippen LogP contribution is 2.28. The number of hydrogen-bond donors (Lipinski definition) is 0. The molecular formula is C16H8F2N2. The molecule has 0 aliphatic carbocycles. The molecule has 0 atom stereocenters. The lowest BCUT2D eigenvalue weighted by Gasteiger charge is -2.06. The molecule has 0 spiro atoms. The summed E-state index contributed by atoms with van der Waals surface area (Å²) in [6.45, 7) is 0. The fraction of sp³-hybridized carbons (Fsp3) is 0. The van der Waals surface area contributed by atoms with Crippen LogP contribution in [0.1, 0.15) is 11.1 Å². The second-order valence-electron chi connectivity index (χ2n) is 3.93. The van der Waals surface area contributed by atoms with Crippen LogP contribution in [0.5, 0.6) is 0 Å². The lowest BCUT2D eigenvalue weighted by Crippen LogP contribution is -1.95. The molecule has 0 aliphatic heterocycles. The lowest BCUT2D eigenvalue weighted by molar-refractivity contribution is 0.622. The van der Waals surface area contributed by atoms with Gasteiger partial charge in [0.25, 0.3) is 0 Å². The van der Waals surface area contributed by atoms with Crippen molar-refractivity contribution in [2.24, 2.45) is 0 Å². The van der Waals surface area contributed by atoms with Crippen LogP contribution in [0, 0.1) is 34.3 Å². The Morgan fingerprint density at radius 2 is 1.05 bits per heavy atom. The van der Waals surface area contributed by atoms with Gasteiger partial charge >= 0.3 is 0 Å². The van der Waals surface area contributed by atoms with Crippen molar-refractivity contribution in [1.29, 1.82) is 10.5 Å². The van der Waals surface area contributed by atoms with Gasteiger partial charge in [0.1, 0.15) is 23.8 Å². The van der Waals surface area contributed by atoms with Gasteiger partial charge in [0.15, 0.2) is 0 Å². The maximum atomic E-state index is 13.8. The molecule has 20 heavy (non-hydrogen) atoms. The number of hydrogen-bond acceptors (Lipinski definition) is 2. The molecule has 0 N–H and O–H groups in total. The maximum Gasteiger partial charge on any atom is 0.131 e. The van der Waals surface area contributed by atoms with Crippen LogP contribution in [-0.4, -0.2) is 0 Å². The van der Waals surface area contributed by atoms with Crippen molar-refractivity contribution in [3.05, 3.63) is 71.3 Å². The van der Waals surface area contributed by atoms with Crippen molar-refractivity contribution in [3.63, 3.8) is 0 Å². The molecule has 0 bridgehead atoms. The predicted molar refractivity (Wildman–Crippen MR) is 70.8 cm³/mol. The summed E-state index contributed by atoms with van der Waals surface area (Å²) in [4.78, 5) is 0. The molecule has 0 unspecified atom stereocenters. The summed E-state index contributed by atoms with van der Waals surface area (Å²) in [5.74, 6) is -1.26. The van der Waals surface area contributed by atoms with E-state index in [4.69, 9.17) is 0 Å². The molecule has 0 fully saturated rings. The van der Waals surface area contributed by atoms with Crippen molar-refractivity contribution in [3.8, 4) is 12.1 Å². The molecule has 96 valence electrons. The third-order valence-electron chi connectivity index (χ3n) is 2.76. The molecule has 0 aliphatic rings. The predicted octanol–water partition coefficient (Wildman–Crippen LogP) is 3.92. The Labute approximate surface area is 114 Å². The lowest BCUT2D eigenvalue weighted by atomic mass is 9.95. The van der Waals surface area contributed by atoms with E-state index in [1.165, 1.54) is 36.4 Å². The van der Waals surface area contributed by atoms with E-state index in [0.29, 0.717) is 0 Å². The number of halogens is 2. The summed E-state index contributed by atoms with van der Waals surface area (Å²) >= 11 is 0. The minimum Gasteiger partial charge on any atom is -0.206 e. The number of benzene rings is 2. The standard InChI is InChI=1S/C16H8F2N2/c17-15-7-3-1-5-11(15)13(9-19)14(10-20)12-6-2-4-8-16(12)18/h1-8H/b14-13-. The second-order valence-corrected chi connectivity index (χ2v) is 3.93. The first kappa shape index (κ1) is 13.5. The van der Waals surface area contributed by atoms with Crippen molar-refractivity contribution < 1.29 is 8.78 Å². The summed E-state index contributed by atoms with van der Waals surface area (Å²) in [6.07, 6.45) is 0. The topological polar surface area (TPSA) is 47.6 Å². The monoisotopic (exact) mass is 266 g/mol. The Hall–Kier alpha value is -2.98. The molecule has 0 heterocycles. The Balaban J connectivity index is 2.75. The van der Waals surface area contributed by atoms with Crippen molar-refractivity contribution in [2.75, 3.05) is 0 Å². The van der Waals surface area contributed by atoms with E-state index in [1.54, 1.807) is 24.3 Å². The van der Waals surface area contributed by atoms with Gasteiger partial charge in [-0.1, -0.05) is 36.4 Å². The molecule has 0 saturated carbocycles. The van der Waals surface area contributed by atoms with Crippen LogP contribution < -0.4 is 0 Å². The number of nitriles is 2. The zero-order chi connectivity index (χ0) is 14.5. The molecule has 0 amide bonds. The highest BCUT2D eigenvalue weighted by Gasteiger charge is 2.16. The zero-order valence-electron chi connectivity index (χ0n) is 10.3. The minimum absolute atomic E-state index is 0.0187. The van der Waals surface area contributed by atoms with E-state index in [9.17, 15) is 19.3 Å². The van der Waals surface area contributed by atoms with Gasteiger partial charge in [-0.3, -0.25) is 0 Å². The molecule has 0 radical (unpaired) electrons. The van der Waals surface area contributed by atoms with Gasteiger partial charge in [-0.25, -0.2) is 8.78 Å².